The highest BCUT2D eigenvalue weighted by molar-refractivity contribution is 6.26. The van der Waals surface area contributed by atoms with Gasteiger partial charge in [0.25, 0.3) is 0 Å². The van der Waals surface area contributed by atoms with E-state index in [1.807, 2.05) is 26.0 Å². The van der Waals surface area contributed by atoms with Crippen LogP contribution in [0.1, 0.15) is 46.8 Å². The van der Waals surface area contributed by atoms with Gasteiger partial charge in [-0.3, -0.25) is 24.1 Å². The maximum atomic E-state index is 13.9. The van der Waals surface area contributed by atoms with Gasteiger partial charge >= 0.3 is 0 Å². The first-order valence-corrected chi connectivity index (χ1v) is 11.5. The largest absolute Gasteiger partial charge is 0.324 e. The highest BCUT2D eigenvalue weighted by atomic mass is 16.2. The van der Waals surface area contributed by atoms with Crippen LogP contribution < -0.4 is 10.2 Å². The smallest absolute Gasteiger partial charge is 0.250 e. The predicted molar refractivity (Wildman–Crippen MR) is 122 cm³/mol. The summed E-state index contributed by atoms with van der Waals surface area (Å²) >= 11 is 0. The van der Waals surface area contributed by atoms with Crippen LogP contribution in [0.5, 0.6) is 0 Å². The number of aryl methyl sites for hydroxylation is 1. The van der Waals surface area contributed by atoms with Crippen LogP contribution in [0.3, 0.4) is 0 Å². The molecule has 3 fully saturated rings. The third-order valence-electron chi connectivity index (χ3n) is 8.23. The molecule has 4 aliphatic rings. The number of amides is 3. The number of nitrogens with zero attached hydrogens (tertiary/aromatic N) is 2. The molecule has 7 heteroatoms. The molecule has 33 heavy (non-hydrogen) atoms. The van der Waals surface area contributed by atoms with E-state index in [-0.39, 0.29) is 29.5 Å². The molecule has 4 heterocycles. The number of nitrogens with one attached hydrogen (secondary N) is 1. The Morgan fingerprint density at radius 3 is 2.45 bits per heavy atom. The van der Waals surface area contributed by atoms with Gasteiger partial charge in [-0.1, -0.05) is 12.1 Å². The Bertz CT molecular complexity index is 1270. The lowest BCUT2D eigenvalue weighted by Crippen LogP contribution is -2.54. The summed E-state index contributed by atoms with van der Waals surface area (Å²) in [5.74, 6) is -2.21. The average molecular weight is 444 g/mol. The first kappa shape index (κ1) is 20.3. The number of hydrogen-bond donors (Lipinski definition) is 1. The number of anilines is 2. The van der Waals surface area contributed by atoms with Crippen molar-refractivity contribution in [3.05, 3.63) is 58.7 Å². The molecule has 0 aromatic heterocycles. The molecule has 7 nitrogen and oxygen atoms in total. The molecule has 4 atom stereocenters. The highest BCUT2D eigenvalue weighted by Gasteiger charge is 2.74. The summed E-state index contributed by atoms with van der Waals surface area (Å²) in [6.07, 6.45) is 1.67. The number of rotatable bonds is 2. The van der Waals surface area contributed by atoms with Crippen molar-refractivity contribution in [3.63, 3.8) is 0 Å². The van der Waals surface area contributed by atoms with Crippen molar-refractivity contribution in [2.24, 2.45) is 11.8 Å². The Morgan fingerprint density at radius 2 is 1.76 bits per heavy atom. The molecular weight excluding hydrogens is 418 g/mol. The lowest BCUT2D eigenvalue weighted by atomic mass is 9.75. The summed E-state index contributed by atoms with van der Waals surface area (Å²) in [4.78, 5) is 56.4. The van der Waals surface area contributed by atoms with E-state index >= 15 is 0 Å². The molecule has 3 amide bonds. The fraction of sp³-hybridized carbons (Fsp3) is 0.385. The van der Waals surface area contributed by atoms with Gasteiger partial charge in [-0.15, -0.1) is 0 Å². The molecule has 2 aromatic carbocycles. The minimum atomic E-state index is -1.17. The monoisotopic (exact) mass is 443 g/mol. The molecule has 0 aliphatic carbocycles. The van der Waals surface area contributed by atoms with Crippen molar-refractivity contribution in [3.8, 4) is 0 Å². The highest BCUT2D eigenvalue weighted by Crippen LogP contribution is 2.61. The topological polar surface area (TPSA) is 86.8 Å². The maximum absolute atomic E-state index is 13.9. The molecule has 0 unspecified atom stereocenters. The molecule has 6 rings (SSSR count). The van der Waals surface area contributed by atoms with Gasteiger partial charge in [0, 0.05) is 22.9 Å². The second-order valence-electron chi connectivity index (χ2n) is 9.67. The summed E-state index contributed by atoms with van der Waals surface area (Å²) in [5.41, 5.74) is 3.44. The molecule has 2 aromatic rings. The standard InChI is InChI=1S/C26H25N3O4/c1-13-6-11-18-22(14(13)2)27-25(33)26(18)21-20(19-5-4-12-28(19)26)23(31)29(24(21)32)17-9-7-16(8-10-17)15(3)30/h6-11,19-21H,4-5,12H2,1-3H3,(H,27,33)/t19-,20+,21+,26-/m0/s1. The predicted octanol–water partition coefficient (Wildman–Crippen LogP) is 2.94. The zero-order valence-corrected chi connectivity index (χ0v) is 18.8. The number of carbonyl (C=O) groups excluding carboxylic acids is 4. The molecule has 1 N–H and O–H groups in total. The number of Topliss-reactive ketones (excluding diaryl/α,β-unsaturated/α-hetero) is 1. The van der Waals surface area contributed by atoms with E-state index in [0.29, 0.717) is 17.8 Å². The second-order valence-corrected chi connectivity index (χ2v) is 9.67. The van der Waals surface area contributed by atoms with Crippen molar-refractivity contribution < 1.29 is 19.2 Å². The van der Waals surface area contributed by atoms with Crippen molar-refractivity contribution in [2.45, 2.75) is 45.2 Å². The number of hydrogen-bond acceptors (Lipinski definition) is 5. The van der Waals surface area contributed by atoms with E-state index in [2.05, 4.69) is 10.2 Å². The van der Waals surface area contributed by atoms with Gasteiger partial charge in [0.2, 0.25) is 17.7 Å². The summed E-state index contributed by atoms with van der Waals surface area (Å²) in [6.45, 7) is 6.14. The Morgan fingerprint density at radius 1 is 1.03 bits per heavy atom. The normalized spacial score (nSPS) is 30.1. The Labute approximate surface area is 191 Å². The van der Waals surface area contributed by atoms with Crippen molar-refractivity contribution >= 4 is 34.9 Å². The third kappa shape index (κ3) is 2.33. The quantitative estimate of drug-likeness (QED) is 0.570. The van der Waals surface area contributed by atoms with Crippen LogP contribution in [-0.2, 0) is 19.9 Å². The van der Waals surface area contributed by atoms with Gasteiger partial charge in [-0.2, -0.15) is 0 Å². The fourth-order valence-electron chi connectivity index (χ4n) is 6.62. The number of ketones is 1. The SMILES string of the molecule is CC(=O)c1ccc(N2C(=O)[C@@H]3[C@@H]4CCCN4[C@]4(C(=O)Nc5c4ccc(C)c5C)[C@H]3C2=O)cc1. The Hall–Kier alpha value is -3.32. The number of benzene rings is 2. The van der Waals surface area contributed by atoms with Crippen molar-refractivity contribution in [2.75, 3.05) is 16.8 Å². The van der Waals surface area contributed by atoms with Crippen LogP contribution in [0.15, 0.2) is 36.4 Å². The van der Waals surface area contributed by atoms with Crippen LogP contribution in [0.2, 0.25) is 0 Å². The maximum Gasteiger partial charge on any atom is 0.250 e. The van der Waals surface area contributed by atoms with Gasteiger partial charge in [0.15, 0.2) is 5.78 Å². The summed E-state index contributed by atoms with van der Waals surface area (Å²) in [7, 11) is 0. The van der Waals surface area contributed by atoms with Crippen LogP contribution in [0.25, 0.3) is 0 Å². The van der Waals surface area contributed by atoms with Gasteiger partial charge < -0.3 is 5.32 Å². The first-order chi connectivity index (χ1) is 15.8. The zero-order valence-electron chi connectivity index (χ0n) is 18.8. The molecule has 0 radical (unpaired) electrons. The number of imide groups is 1. The van der Waals surface area contributed by atoms with Crippen molar-refractivity contribution in [1.82, 2.24) is 4.90 Å². The van der Waals surface area contributed by atoms with Gasteiger partial charge in [-0.25, -0.2) is 4.90 Å². The minimum Gasteiger partial charge on any atom is -0.324 e. The summed E-state index contributed by atoms with van der Waals surface area (Å²) in [5, 5.41) is 3.07. The van der Waals surface area contributed by atoms with E-state index in [1.165, 1.54) is 11.8 Å². The molecule has 3 saturated heterocycles. The average Bonchev–Trinajstić information content (AvgIpc) is 3.50. The minimum absolute atomic E-state index is 0.0806. The van der Waals surface area contributed by atoms with Crippen LogP contribution in [0.4, 0.5) is 11.4 Å². The molecule has 0 saturated carbocycles. The van der Waals surface area contributed by atoms with Gasteiger partial charge in [-0.05, 0) is 75.5 Å². The van der Waals surface area contributed by atoms with E-state index < -0.39 is 17.4 Å². The zero-order chi connectivity index (χ0) is 23.2. The number of carbonyl (C=O) groups is 4. The van der Waals surface area contributed by atoms with Crippen LogP contribution in [0, 0.1) is 25.7 Å². The van der Waals surface area contributed by atoms with Gasteiger partial charge in [0.05, 0.1) is 17.5 Å². The molecule has 168 valence electrons. The van der Waals surface area contributed by atoms with Crippen LogP contribution >= 0.6 is 0 Å². The van der Waals surface area contributed by atoms with E-state index in [9.17, 15) is 19.2 Å². The summed E-state index contributed by atoms with van der Waals surface area (Å²) < 4.78 is 0. The van der Waals surface area contributed by atoms with E-state index in [4.69, 9.17) is 0 Å². The fourth-order valence-corrected chi connectivity index (χ4v) is 6.62. The first-order valence-electron chi connectivity index (χ1n) is 11.5. The molecule has 4 aliphatic heterocycles. The molecule has 1 spiro atoms. The van der Waals surface area contributed by atoms with Crippen LogP contribution in [-0.4, -0.2) is 41.0 Å². The summed E-state index contributed by atoms with van der Waals surface area (Å²) in [6, 6.07) is 10.3. The number of fused-ring (bicyclic) bond motifs is 7. The van der Waals surface area contributed by atoms with E-state index in [1.54, 1.807) is 24.3 Å². The van der Waals surface area contributed by atoms with E-state index in [0.717, 1.165) is 35.2 Å². The second kappa shape index (κ2) is 6.60. The van der Waals surface area contributed by atoms with Gasteiger partial charge in [0.1, 0.15) is 5.54 Å². The molecule has 0 bridgehead atoms. The lowest BCUT2D eigenvalue weighted by Gasteiger charge is -2.36. The van der Waals surface area contributed by atoms with Crippen molar-refractivity contribution in [1.29, 1.82) is 0 Å². The Balaban J connectivity index is 1.52. The third-order valence-corrected chi connectivity index (χ3v) is 8.23. The Kier molecular flexibility index (Phi) is 4.06. The molecular formula is C26H25N3O4. The lowest BCUT2D eigenvalue weighted by molar-refractivity contribution is -0.135.